The Bertz CT molecular complexity index is 1660. The molecule has 0 saturated heterocycles. The molecule has 0 fully saturated rings. The summed E-state index contributed by atoms with van der Waals surface area (Å²) < 4.78 is 95.5. The number of Topliss-reactive ketones (excluding diaryl/α,β-unsaturated/α-hetero) is 1. The van der Waals surface area contributed by atoms with Gasteiger partial charge in [0, 0.05) is 11.4 Å². The molecule has 2 unspecified atom stereocenters. The van der Waals surface area contributed by atoms with Crippen molar-refractivity contribution in [3.05, 3.63) is 70.3 Å². The second kappa shape index (κ2) is 11.5. The maximum Gasteiger partial charge on any atom is 0.417 e. The number of benzene rings is 2. The molecule has 1 N–H and O–H groups in total. The van der Waals surface area contributed by atoms with Gasteiger partial charge < -0.3 is 14.2 Å². The average molecular weight is 676 g/mol. The van der Waals surface area contributed by atoms with Gasteiger partial charge in [-0.25, -0.2) is 12.8 Å². The third-order valence-electron chi connectivity index (χ3n) is 8.45. The number of sulfone groups is 1. The Balaban J connectivity index is 1.81. The summed E-state index contributed by atoms with van der Waals surface area (Å²) in [5, 5.41) is 10.3. The van der Waals surface area contributed by atoms with Gasteiger partial charge in [0.2, 0.25) is 5.89 Å². The molecular formula is C29H34ClF4N3O5SSi. The molecule has 3 aromatic rings. The predicted molar refractivity (Wildman–Crippen MR) is 160 cm³/mol. The van der Waals surface area contributed by atoms with Crippen molar-refractivity contribution in [2.75, 3.05) is 17.6 Å². The number of ketones is 1. The van der Waals surface area contributed by atoms with E-state index in [1.807, 2.05) is 20.8 Å². The number of fused-ring (bicyclic) bond motifs is 1. The van der Waals surface area contributed by atoms with Crippen LogP contribution < -0.4 is 5.32 Å². The van der Waals surface area contributed by atoms with E-state index in [9.17, 15) is 30.8 Å². The van der Waals surface area contributed by atoms with Crippen molar-refractivity contribution >= 4 is 41.6 Å². The smallest absolute Gasteiger partial charge is 0.407 e. The summed E-state index contributed by atoms with van der Waals surface area (Å²) in [5.74, 6) is -2.37. The second-order valence-electron chi connectivity index (χ2n) is 12.7. The minimum atomic E-state index is -4.77. The van der Waals surface area contributed by atoms with E-state index >= 15 is 0 Å². The van der Waals surface area contributed by atoms with E-state index < -0.39 is 81.6 Å². The first-order valence-electron chi connectivity index (χ1n) is 13.8. The molecular weight excluding hydrogens is 642 g/mol. The maximum atomic E-state index is 14.4. The van der Waals surface area contributed by atoms with Crippen molar-refractivity contribution < 1.29 is 39.6 Å². The summed E-state index contributed by atoms with van der Waals surface area (Å²) in [6, 6.07) is 9.02. The molecule has 0 radical (unpaired) electrons. The topological polar surface area (TPSA) is 111 Å². The van der Waals surface area contributed by atoms with E-state index in [1.165, 1.54) is 6.07 Å². The fourth-order valence-electron chi connectivity index (χ4n) is 4.84. The lowest BCUT2D eigenvalue weighted by Gasteiger charge is -2.44. The summed E-state index contributed by atoms with van der Waals surface area (Å²) in [4.78, 5) is 13.6. The quantitative estimate of drug-likeness (QED) is 0.203. The van der Waals surface area contributed by atoms with Crippen LogP contribution in [0.2, 0.25) is 23.2 Å². The highest BCUT2D eigenvalue weighted by Gasteiger charge is 2.57. The Hall–Kier alpha value is -2.81. The van der Waals surface area contributed by atoms with E-state index in [1.54, 1.807) is 37.4 Å². The molecule has 2 atom stereocenters. The van der Waals surface area contributed by atoms with E-state index in [2.05, 4.69) is 15.5 Å². The molecule has 44 heavy (non-hydrogen) atoms. The summed E-state index contributed by atoms with van der Waals surface area (Å²) in [6.07, 6.45) is -5.40. The molecule has 1 aromatic heterocycles. The van der Waals surface area contributed by atoms with Gasteiger partial charge in [0.05, 0.1) is 17.2 Å². The molecule has 0 amide bonds. The molecule has 4 rings (SSSR count). The van der Waals surface area contributed by atoms with Gasteiger partial charge in [0.25, 0.3) is 0 Å². The number of anilines is 1. The number of carbonyl (C=O) groups excluding carboxylic acids is 1. The third kappa shape index (κ3) is 6.44. The number of halogens is 5. The highest BCUT2D eigenvalue weighted by molar-refractivity contribution is 7.91. The average Bonchev–Trinajstić information content (AvgIpc) is 3.36. The molecule has 0 spiro atoms. The molecule has 2 aromatic carbocycles. The van der Waals surface area contributed by atoms with Crippen LogP contribution in [0.25, 0.3) is 0 Å². The van der Waals surface area contributed by atoms with Gasteiger partial charge in [-0.1, -0.05) is 55.7 Å². The number of carbonyl (C=O) groups is 1. The standard InChI is InChI=1S/C29H34ClF4N3O5SSi/c1-26(2,3)44(5,6)42-27(4,29(32,33)34)17-35-25-37-36-24(41-25)28(16-18-7-9-19(30)10-8-18)21-12-11-20(31)15-22(21)43(39,40)14-13-23(28)38/h7-12,15H,13-14,16-17H2,1-6H3,(H,35,37). The fraction of sp³-hybridized carbons (Fsp3) is 0.483. The van der Waals surface area contributed by atoms with Crippen molar-refractivity contribution in [1.82, 2.24) is 10.2 Å². The molecule has 0 saturated carbocycles. The zero-order valence-electron chi connectivity index (χ0n) is 25.1. The molecule has 1 aliphatic heterocycles. The fourth-order valence-corrected chi connectivity index (χ4v) is 8.13. The van der Waals surface area contributed by atoms with Gasteiger partial charge >= 0.3 is 12.2 Å². The summed E-state index contributed by atoms with van der Waals surface area (Å²) in [6.45, 7) is 9.01. The first-order valence-corrected chi connectivity index (χ1v) is 18.7. The zero-order valence-corrected chi connectivity index (χ0v) is 27.7. The van der Waals surface area contributed by atoms with Crippen LogP contribution in [-0.4, -0.2) is 56.8 Å². The van der Waals surface area contributed by atoms with Crippen LogP contribution in [0.5, 0.6) is 0 Å². The largest absolute Gasteiger partial charge is 0.417 e. The minimum Gasteiger partial charge on any atom is -0.407 e. The monoisotopic (exact) mass is 675 g/mol. The van der Waals surface area contributed by atoms with Crippen molar-refractivity contribution in [3.63, 3.8) is 0 Å². The SMILES string of the molecule is CC(CNc1nnc(C2(Cc3ccc(Cl)cc3)C(=O)CCS(=O)(=O)c3cc(F)ccc32)o1)(O[Si](C)(C)C(C)(C)C)C(F)(F)F. The van der Waals surface area contributed by atoms with E-state index in [-0.39, 0.29) is 17.9 Å². The Morgan fingerprint density at radius 1 is 1.07 bits per heavy atom. The molecule has 8 nitrogen and oxygen atoms in total. The molecule has 240 valence electrons. The number of hydrogen-bond acceptors (Lipinski definition) is 8. The van der Waals surface area contributed by atoms with Crippen LogP contribution in [0.1, 0.15) is 51.1 Å². The van der Waals surface area contributed by atoms with Crippen molar-refractivity contribution in [2.45, 2.75) is 80.8 Å². The minimum absolute atomic E-state index is 0.0760. The number of hydrogen-bond donors (Lipinski definition) is 1. The number of aromatic nitrogens is 2. The third-order valence-corrected chi connectivity index (χ3v) is 15.0. The van der Waals surface area contributed by atoms with E-state index in [0.717, 1.165) is 19.1 Å². The molecule has 15 heteroatoms. The Kier molecular flexibility index (Phi) is 8.92. The normalized spacial score (nSPS) is 20.5. The zero-order chi connectivity index (χ0) is 32.9. The molecule has 0 aliphatic carbocycles. The van der Waals surface area contributed by atoms with Crippen LogP contribution in [-0.2, 0) is 30.9 Å². The molecule has 1 aliphatic rings. The first kappa shape index (κ1) is 34.1. The van der Waals surface area contributed by atoms with E-state index in [4.69, 9.17) is 20.4 Å². The second-order valence-corrected chi connectivity index (χ2v) is 19.9. The maximum absolute atomic E-state index is 14.4. The highest BCUT2D eigenvalue weighted by atomic mass is 35.5. The molecule has 2 heterocycles. The van der Waals surface area contributed by atoms with Crippen LogP contribution in [0.3, 0.4) is 0 Å². The predicted octanol–water partition coefficient (Wildman–Crippen LogP) is 6.89. The van der Waals surface area contributed by atoms with E-state index in [0.29, 0.717) is 10.6 Å². The summed E-state index contributed by atoms with van der Waals surface area (Å²) in [7, 11) is -7.02. The van der Waals surface area contributed by atoms with Crippen LogP contribution in [0.4, 0.5) is 23.6 Å². The van der Waals surface area contributed by atoms with Gasteiger partial charge in [0.15, 0.2) is 29.5 Å². The lowest BCUT2D eigenvalue weighted by Crippen LogP contribution is -2.58. The summed E-state index contributed by atoms with van der Waals surface area (Å²) in [5.41, 5.74) is -4.08. The lowest BCUT2D eigenvalue weighted by atomic mass is 9.71. The first-order chi connectivity index (χ1) is 20.1. The van der Waals surface area contributed by atoms with Gasteiger partial charge in [0.1, 0.15) is 11.2 Å². The van der Waals surface area contributed by atoms with Crippen LogP contribution in [0, 0.1) is 5.82 Å². The van der Waals surface area contributed by atoms with Crippen molar-refractivity contribution in [3.8, 4) is 0 Å². The number of nitrogens with zero attached hydrogens (tertiary/aromatic N) is 2. The summed E-state index contributed by atoms with van der Waals surface area (Å²) >= 11 is 6.04. The van der Waals surface area contributed by atoms with Gasteiger partial charge in [-0.2, -0.15) is 13.2 Å². The lowest BCUT2D eigenvalue weighted by molar-refractivity contribution is -0.240. The van der Waals surface area contributed by atoms with Crippen LogP contribution in [0.15, 0.2) is 51.8 Å². The van der Waals surface area contributed by atoms with Crippen molar-refractivity contribution in [2.24, 2.45) is 0 Å². The van der Waals surface area contributed by atoms with Gasteiger partial charge in [-0.15, -0.1) is 5.10 Å². The molecule has 0 bridgehead atoms. The van der Waals surface area contributed by atoms with Crippen LogP contribution >= 0.6 is 11.6 Å². The van der Waals surface area contributed by atoms with Gasteiger partial charge in [-0.3, -0.25) is 4.79 Å². The van der Waals surface area contributed by atoms with Gasteiger partial charge in [-0.05, 0) is 66.9 Å². The van der Waals surface area contributed by atoms with Crippen molar-refractivity contribution in [1.29, 1.82) is 0 Å². The Morgan fingerprint density at radius 3 is 2.30 bits per heavy atom. The number of rotatable bonds is 8. The number of alkyl halides is 3. The highest BCUT2D eigenvalue weighted by Crippen LogP contribution is 2.45. The Morgan fingerprint density at radius 2 is 1.70 bits per heavy atom. The number of nitrogens with one attached hydrogen (secondary N) is 1. The Labute approximate surface area is 259 Å².